The fraction of sp³-hybridized carbons (Fsp3) is 0.259. The third-order valence-electron chi connectivity index (χ3n) is 6.43. The van der Waals surface area contributed by atoms with Crippen molar-refractivity contribution in [3.8, 4) is 0 Å². The number of aromatic amines is 1. The molecule has 2 aromatic heterocycles. The van der Waals surface area contributed by atoms with Gasteiger partial charge in [-0.3, -0.25) is 14.9 Å². The van der Waals surface area contributed by atoms with Crippen molar-refractivity contribution in [1.29, 1.82) is 0 Å². The molecule has 1 aliphatic heterocycles. The highest BCUT2D eigenvalue weighted by molar-refractivity contribution is 6.51. The Morgan fingerprint density at radius 3 is 2.50 bits per heavy atom. The second kappa shape index (κ2) is 8.83. The van der Waals surface area contributed by atoms with Gasteiger partial charge in [0.25, 0.3) is 11.8 Å². The van der Waals surface area contributed by atoms with E-state index in [0.29, 0.717) is 11.1 Å². The first kappa shape index (κ1) is 22.0. The number of para-hydroxylation sites is 1. The standard InChI is InChI=1S/C27H29N5O2/c1-4-28-13-8-14-32-16-19(23-21(31(2)3)11-7-12-22(23)32)25-24(26(33)30-27(25)34)18-15-29-20-10-6-5-9-17(18)20/h5-7,9-12,15-16,28-29H,4,8,13-14H2,1-3H3,(H,30,33,34). The minimum Gasteiger partial charge on any atom is -0.377 e. The zero-order valence-corrected chi connectivity index (χ0v) is 19.7. The molecule has 7 nitrogen and oxygen atoms in total. The third-order valence-corrected chi connectivity index (χ3v) is 6.43. The molecular weight excluding hydrogens is 426 g/mol. The van der Waals surface area contributed by atoms with Crippen LogP contribution in [0.5, 0.6) is 0 Å². The largest absolute Gasteiger partial charge is 0.377 e. The number of hydrogen-bond donors (Lipinski definition) is 3. The highest BCUT2D eigenvalue weighted by Gasteiger charge is 2.35. The van der Waals surface area contributed by atoms with E-state index in [1.807, 2.05) is 56.8 Å². The van der Waals surface area contributed by atoms with Crippen molar-refractivity contribution < 1.29 is 9.59 Å². The smallest absolute Gasteiger partial charge is 0.259 e. The van der Waals surface area contributed by atoms with E-state index in [1.54, 1.807) is 0 Å². The summed E-state index contributed by atoms with van der Waals surface area (Å²) in [7, 11) is 3.99. The maximum atomic E-state index is 13.2. The van der Waals surface area contributed by atoms with Crippen LogP contribution in [0.15, 0.2) is 54.9 Å². The van der Waals surface area contributed by atoms with E-state index in [-0.39, 0.29) is 11.8 Å². The number of hydrogen-bond acceptors (Lipinski definition) is 4. The Balaban J connectivity index is 1.76. The van der Waals surface area contributed by atoms with E-state index >= 15 is 0 Å². The van der Waals surface area contributed by atoms with Gasteiger partial charge in [-0.05, 0) is 37.7 Å². The van der Waals surface area contributed by atoms with Gasteiger partial charge in [0.05, 0.1) is 16.7 Å². The molecule has 0 saturated heterocycles. The second-order valence-electron chi connectivity index (χ2n) is 8.79. The fourth-order valence-electron chi connectivity index (χ4n) is 4.88. The predicted molar refractivity (Wildman–Crippen MR) is 138 cm³/mol. The molecule has 0 aliphatic carbocycles. The SMILES string of the molecule is CCNCCCn1cc(C2=C(c3c[nH]c4ccccc34)C(=O)NC2=O)c2c(N(C)C)cccc21. The van der Waals surface area contributed by atoms with Crippen molar-refractivity contribution in [2.75, 3.05) is 32.1 Å². The van der Waals surface area contributed by atoms with Crippen molar-refractivity contribution in [3.63, 3.8) is 0 Å². The van der Waals surface area contributed by atoms with Crippen LogP contribution < -0.4 is 15.5 Å². The molecule has 0 atom stereocenters. The molecule has 174 valence electrons. The minimum absolute atomic E-state index is 0.356. The average Bonchev–Trinajstić information content (AvgIpc) is 3.49. The minimum atomic E-state index is -0.361. The molecule has 5 rings (SSSR count). The molecule has 1 aliphatic rings. The summed E-state index contributed by atoms with van der Waals surface area (Å²) in [4.78, 5) is 31.6. The van der Waals surface area contributed by atoms with Crippen LogP contribution >= 0.6 is 0 Å². The second-order valence-corrected chi connectivity index (χ2v) is 8.79. The molecule has 3 N–H and O–H groups in total. The van der Waals surface area contributed by atoms with Gasteiger partial charge < -0.3 is 19.8 Å². The average molecular weight is 456 g/mol. The number of aryl methyl sites for hydroxylation is 1. The summed E-state index contributed by atoms with van der Waals surface area (Å²) in [5.74, 6) is -0.717. The summed E-state index contributed by atoms with van der Waals surface area (Å²) in [5, 5.41) is 7.82. The summed E-state index contributed by atoms with van der Waals surface area (Å²) in [6, 6.07) is 14.0. The number of rotatable bonds is 8. The summed E-state index contributed by atoms with van der Waals surface area (Å²) >= 11 is 0. The van der Waals surface area contributed by atoms with Gasteiger partial charge in [0.15, 0.2) is 0 Å². The quantitative estimate of drug-likeness (QED) is 0.279. The molecule has 0 spiro atoms. The number of fused-ring (bicyclic) bond motifs is 2. The zero-order chi connectivity index (χ0) is 23.8. The fourth-order valence-corrected chi connectivity index (χ4v) is 4.88. The molecule has 0 fully saturated rings. The van der Waals surface area contributed by atoms with Gasteiger partial charge in [0.2, 0.25) is 0 Å². The van der Waals surface area contributed by atoms with Gasteiger partial charge in [0.1, 0.15) is 0 Å². The lowest BCUT2D eigenvalue weighted by atomic mass is 9.95. The van der Waals surface area contributed by atoms with Crippen LogP contribution in [0.3, 0.4) is 0 Å². The number of aromatic nitrogens is 2. The Bertz CT molecular complexity index is 1440. The molecule has 0 bridgehead atoms. The van der Waals surface area contributed by atoms with Crippen molar-refractivity contribution in [1.82, 2.24) is 20.2 Å². The zero-order valence-electron chi connectivity index (χ0n) is 19.7. The molecule has 4 aromatic rings. The number of amides is 2. The van der Waals surface area contributed by atoms with Crippen LogP contribution in [0, 0.1) is 0 Å². The van der Waals surface area contributed by atoms with Gasteiger partial charge >= 0.3 is 0 Å². The predicted octanol–water partition coefficient (Wildman–Crippen LogP) is 3.76. The van der Waals surface area contributed by atoms with Crippen LogP contribution in [0.4, 0.5) is 5.69 Å². The molecular formula is C27H29N5O2. The summed E-state index contributed by atoms with van der Waals surface area (Å²) in [6.45, 7) is 4.76. The molecule has 3 heterocycles. The van der Waals surface area contributed by atoms with Gasteiger partial charge in [-0.1, -0.05) is 31.2 Å². The van der Waals surface area contributed by atoms with Crippen molar-refractivity contribution in [2.45, 2.75) is 19.9 Å². The van der Waals surface area contributed by atoms with E-state index in [9.17, 15) is 9.59 Å². The Labute approximate surface area is 198 Å². The summed E-state index contributed by atoms with van der Waals surface area (Å²) < 4.78 is 2.20. The van der Waals surface area contributed by atoms with Crippen LogP contribution in [0.1, 0.15) is 24.5 Å². The third kappa shape index (κ3) is 3.58. The Hall–Kier alpha value is -3.84. The monoisotopic (exact) mass is 455 g/mol. The van der Waals surface area contributed by atoms with E-state index in [0.717, 1.165) is 64.7 Å². The highest BCUT2D eigenvalue weighted by atomic mass is 16.2. The van der Waals surface area contributed by atoms with Gasteiger partial charge in [-0.15, -0.1) is 0 Å². The van der Waals surface area contributed by atoms with Gasteiger partial charge in [-0.25, -0.2) is 0 Å². The number of carbonyl (C=O) groups is 2. The lowest BCUT2D eigenvalue weighted by Gasteiger charge is -2.15. The first-order valence-electron chi connectivity index (χ1n) is 11.7. The van der Waals surface area contributed by atoms with Gasteiger partial charge in [-0.2, -0.15) is 0 Å². The molecule has 0 unspecified atom stereocenters. The molecule has 2 aromatic carbocycles. The Morgan fingerprint density at radius 2 is 1.74 bits per heavy atom. The first-order chi connectivity index (χ1) is 16.5. The molecule has 2 amide bonds. The lowest BCUT2D eigenvalue weighted by molar-refractivity contribution is -0.122. The molecule has 0 radical (unpaired) electrons. The van der Waals surface area contributed by atoms with E-state index in [4.69, 9.17) is 0 Å². The number of anilines is 1. The number of carbonyl (C=O) groups excluding carboxylic acids is 2. The topological polar surface area (TPSA) is 82.2 Å². The molecule has 0 saturated carbocycles. The number of H-pyrrole nitrogens is 1. The first-order valence-corrected chi connectivity index (χ1v) is 11.7. The maximum Gasteiger partial charge on any atom is 0.259 e. The number of nitrogens with zero attached hydrogens (tertiary/aromatic N) is 2. The van der Waals surface area contributed by atoms with Crippen molar-refractivity contribution in [3.05, 3.63) is 66.0 Å². The molecule has 7 heteroatoms. The van der Waals surface area contributed by atoms with E-state index in [2.05, 4.69) is 44.1 Å². The van der Waals surface area contributed by atoms with Gasteiger partial charge in [0, 0.05) is 66.1 Å². The van der Waals surface area contributed by atoms with Crippen LogP contribution in [-0.4, -0.2) is 48.6 Å². The Morgan fingerprint density at radius 1 is 0.971 bits per heavy atom. The summed E-state index contributed by atoms with van der Waals surface area (Å²) in [6.07, 6.45) is 4.81. The van der Waals surface area contributed by atoms with Crippen molar-refractivity contribution >= 4 is 50.5 Å². The normalized spacial score (nSPS) is 14.0. The number of nitrogens with one attached hydrogen (secondary N) is 3. The highest BCUT2D eigenvalue weighted by Crippen LogP contribution is 2.41. The van der Waals surface area contributed by atoms with E-state index < -0.39 is 0 Å². The van der Waals surface area contributed by atoms with E-state index in [1.165, 1.54) is 0 Å². The number of imide groups is 1. The van der Waals surface area contributed by atoms with Crippen molar-refractivity contribution in [2.24, 2.45) is 0 Å². The maximum absolute atomic E-state index is 13.2. The number of benzene rings is 2. The van der Waals surface area contributed by atoms with Crippen LogP contribution in [0.25, 0.3) is 33.0 Å². The van der Waals surface area contributed by atoms with Crippen LogP contribution in [0.2, 0.25) is 0 Å². The molecule has 34 heavy (non-hydrogen) atoms. The Kier molecular flexibility index (Phi) is 5.71. The lowest BCUT2D eigenvalue weighted by Crippen LogP contribution is -2.22. The summed E-state index contributed by atoms with van der Waals surface area (Å²) in [5.41, 5.74) is 5.36. The van der Waals surface area contributed by atoms with Crippen LogP contribution in [-0.2, 0) is 16.1 Å².